The number of carbonyl (C=O) groups is 4. The fourth-order valence-corrected chi connectivity index (χ4v) is 7.34. The third kappa shape index (κ3) is 3.86. The average molecular weight is 555 g/mol. The second-order valence-electron chi connectivity index (χ2n) is 11.6. The van der Waals surface area contributed by atoms with Crippen LogP contribution in [0.25, 0.3) is 0 Å². The summed E-state index contributed by atoms with van der Waals surface area (Å²) in [5, 5.41) is 45.4. The van der Waals surface area contributed by atoms with E-state index in [-0.39, 0.29) is 23.7 Å². The van der Waals surface area contributed by atoms with Crippen molar-refractivity contribution in [2.45, 2.75) is 62.7 Å². The van der Waals surface area contributed by atoms with E-state index >= 15 is 0 Å². The lowest BCUT2D eigenvalue weighted by Crippen LogP contribution is -2.69. The van der Waals surface area contributed by atoms with E-state index in [0.717, 1.165) is 25.7 Å². The minimum Gasteiger partial charge on any atom is -0.510 e. The van der Waals surface area contributed by atoms with E-state index in [2.05, 4.69) is 0 Å². The van der Waals surface area contributed by atoms with Crippen LogP contribution in [-0.4, -0.2) is 80.6 Å². The van der Waals surface area contributed by atoms with Gasteiger partial charge in [0.05, 0.1) is 17.5 Å². The van der Waals surface area contributed by atoms with Crippen LogP contribution in [0.5, 0.6) is 5.75 Å². The van der Waals surface area contributed by atoms with Crippen LogP contribution >= 0.6 is 0 Å². The van der Waals surface area contributed by atoms with Crippen LogP contribution in [0.15, 0.2) is 40.9 Å². The molecule has 1 aromatic carbocycles. The van der Waals surface area contributed by atoms with Crippen LogP contribution in [0.1, 0.15) is 60.9 Å². The second kappa shape index (κ2) is 9.74. The molecule has 4 aliphatic carbocycles. The molecule has 0 radical (unpaired) electrons. The van der Waals surface area contributed by atoms with Gasteiger partial charge in [-0.15, -0.1) is 0 Å². The Kier molecular flexibility index (Phi) is 6.78. The first-order valence-electron chi connectivity index (χ1n) is 13.5. The smallest absolute Gasteiger partial charge is 0.306 e. The fraction of sp³-hybridized carbons (Fsp3) is 0.517. The summed E-state index contributed by atoms with van der Waals surface area (Å²) in [5.41, 5.74) is 1.50. The number of ketones is 2. The third-order valence-corrected chi connectivity index (χ3v) is 9.17. The largest absolute Gasteiger partial charge is 0.510 e. The normalized spacial score (nSPS) is 32.2. The van der Waals surface area contributed by atoms with E-state index in [1.54, 1.807) is 19.1 Å². The Bertz CT molecular complexity index is 1370. The number of nitrogens with zero attached hydrogens (tertiary/aromatic N) is 1. The Morgan fingerprint density at radius 1 is 1.12 bits per heavy atom. The highest BCUT2D eigenvalue weighted by molar-refractivity contribution is 6.25. The molecule has 0 bridgehead atoms. The molecule has 6 N–H and O–H groups in total. The van der Waals surface area contributed by atoms with Gasteiger partial charge in [0.1, 0.15) is 28.9 Å². The molecule has 6 atom stereocenters. The minimum atomic E-state index is -2.94. The number of ether oxygens (including phenoxy) is 1. The van der Waals surface area contributed by atoms with E-state index in [0.29, 0.717) is 5.56 Å². The topological polar surface area (TPSA) is 188 Å². The summed E-state index contributed by atoms with van der Waals surface area (Å²) in [5.74, 6) is -9.34. The molecule has 1 saturated carbocycles. The molecule has 6 unspecified atom stereocenters. The number of fused-ring (bicyclic) bond motifs is 3. The van der Waals surface area contributed by atoms with Gasteiger partial charge in [-0.2, -0.15) is 0 Å². The molecule has 0 aromatic heterocycles. The summed E-state index contributed by atoms with van der Waals surface area (Å²) in [6.45, 7) is 1.73. The number of hydrogen-bond donors (Lipinski definition) is 5. The van der Waals surface area contributed by atoms with Gasteiger partial charge in [-0.3, -0.25) is 24.1 Å². The number of benzene rings is 1. The standard InChI is InChI=1S/C29H34N2O9/c1-12-14-9-6-10-15(32)18(14)23(34)19-17(12)25(40-16(33)11-13-7-4-5-8-13)21-22(31(2)3)24(35)20(28(30)38)27(37)29(21,39)26(19)36/h6,9-10,12-13,17,21-22,25,32,35-36,39H,4-5,7-8,11H2,1-3H3,(H2,30,38). The van der Waals surface area contributed by atoms with Crippen LogP contribution in [0, 0.1) is 17.8 Å². The lowest BCUT2D eigenvalue weighted by atomic mass is 9.55. The number of amides is 1. The highest BCUT2D eigenvalue weighted by atomic mass is 16.5. The summed E-state index contributed by atoms with van der Waals surface area (Å²) in [7, 11) is 3.04. The number of rotatable bonds is 5. The number of phenols is 1. The fourth-order valence-electron chi connectivity index (χ4n) is 7.34. The molecular weight excluding hydrogens is 520 g/mol. The number of aliphatic hydroxyl groups excluding tert-OH is 2. The van der Waals surface area contributed by atoms with E-state index < -0.39 is 81.6 Å². The number of likely N-dealkylation sites (N-methyl/N-ethyl adjacent to an activating group) is 1. The van der Waals surface area contributed by atoms with Crippen molar-refractivity contribution in [2.24, 2.45) is 23.5 Å². The van der Waals surface area contributed by atoms with Gasteiger partial charge < -0.3 is 30.9 Å². The molecule has 1 aromatic rings. The van der Waals surface area contributed by atoms with Gasteiger partial charge in [0.25, 0.3) is 5.91 Å². The molecule has 214 valence electrons. The zero-order valence-corrected chi connectivity index (χ0v) is 22.6. The number of aliphatic hydroxyl groups is 3. The number of phenolic OH excluding ortho intramolecular Hbond substituents is 1. The van der Waals surface area contributed by atoms with Crippen molar-refractivity contribution in [3.05, 3.63) is 52.0 Å². The van der Waals surface area contributed by atoms with Crippen LogP contribution < -0.4 is 5.73 Å². The van der Waals surface area contributed by atoms with Gasteiger partial charge in [0.15, 0.2) is 11.4 Å². The highest BCUT2D eigenvalue weighted by Crippen LogP contribution is 2.56. The lowest BCUT2D eigenvalue weighted by molar-refractivity contribution is -0.181. The number of hydrogen-bond acceptors (Lipinski definition) is 10. The molecule has 0 aliphatic heterocycles. The maximum atomic E-state index is 13.9. The Balaban J connectivity index is 1.76. The first kappa shape index (κ1) is 27.9. The van der Waals surface area contributed by atoms with Crippen LogP contribution in [0.2, 0.25) is 0 Å². The Hall–Kier alpha value is -3.70. The molecule has 0 heterocycles. The van der Waals surface area contributed by atoms with Crippen molar-refractivity contribution in [3.8, 4) is 5.75 Å². The number of carbonyl (C=O) groups excluding carboxylic acids is 4. The van der Waals surface area contributed by atoms with Gasteiger partial charge in [0.2, 0.25) is 5.78 Å². The Morgan fingerprint density at radius 2 is 1.77 bits per heavy atom. The second-order valence-corrected chi connectivity index (χ2v) is 11.6. The third-order valence-electron chi connectivity index (χ3n) is 9.17. The summed E-state index contributed by atoms with van der Waals surface area (Å²) in [4.78, 5) is 54.6. The van der Waals surface area contributed by atoms with E-state index in [1.807, 2.05) is 0 Å². The molecule has 0 spiro atoms. The van der Waals surface area contributed by atoms with Gasteiger partial charge in [-0.05, 0) is 50.4 Å². The molecule has 11 nitrogen and oxygen atoms in total. The Morgan fingerprint density at radius 3 is 2.38 bits per heavy atom. The molecule has 1 fully saturated rings. The van der Waals surface area contributed by atoms with Crippen molar-refractivity contribution < 1.29 is 44.3 Å². The quantitative estimate of drug-likeness (QED) is 0.265. The van der Waals surface area contributed by atoms with E-state index in [1.165, 1.54) is 25.1 Å². The SMILES string of the molecule is CC1c2cccc(O)c2C(=O)C2=C(O)C3(O)C(=O)C(C(N)=O)=C(O)C(N(C)C)C3C(OC(=O)CC3CCCC3)C21. The van der Waals surface area contributed by atoms with Crippen molar-refractivity contribution in [2.75, 3.05) is 14.1 Å². The van der Waals surface area contributed by atoms with Crippen molar-refractivity contribution in [1.82, 2.24) is 4.90 Å². The van der Waals surface area contributed by atoms with Crippen LogP contribution in [0.3, 0.4) is 0 Å². The van der Waals surface area contributed by atoms with Gasteiger partial charge in [0, 0.05) is 17.9 Å². The number of Topliss-reactive ketones (excluding diaryl/α,β-unsaturated/α-hetero) is 2. The summed E-state index contributed by atoms with van der Waals surface area (Å²) in [6, 6.07) is 3.21. The minimum absolute atomic E-state index is 0.0913. The van der Waals surface area contributed by atoms with Gasteiger partial charge in [-0.25, -0.2) is 0 Å². The highest BCUT2D eigenvalue weighted by Gasteiger charge is 2.68. The lowest BCUT2D eigenvalue weighted by Gasteiger charge is -2.54. The van der Waals surface area contributed by atoms with E-state index in [4.69, 9.17) is 10.5 Å². The summed E-state index contributed by atoms with van der Waals surface area (Å²) >= 11 is 0. The molecule has 0 saturated heterocycles. The maximum Gasteiger partial charge on any atom is 0.306 e. The zero-order chi connectivity index (χ0) is 29.3. The average Bonchev–Trinajstić information content (AvgIpc) is 3.38. The summed E-state index contributed by atoms with van der Waals surface area (Å²) in [6.07, 6.45) is 2.40. The number of nitrogens with two attached hydrogens (primary N) is 1. The van der Waals surface area contributed by atoms with Crippen LogP contribution in [0.4, 0.5) is 0 Å². The first-order chi connectivity index (χ1) is 18.8. The molecule has 40 heavy (non-hydrogen) atoms. The van der Waals surface area contributed by atoms with Crippen molar-refractivity contribution in [1.29, 1.82) is 0 Å². The molecule has 11 heteroatoms. The first-order valence-corrected chi connectivity index (χ1v) is 13.5. The van der Waals surface area contributed by atoms with Crippen molar-refractivity contribution >= 4 is 23.4 Å². The predicted molar refractivity (Wildman–Crippen MR) is 140 cm³/mol. The predicted octanol–water partition coefficient (Wildman–Crippen LogP) is 1.78. The molecule has 5 rings (SSSR count). The summed E-state index contributed by atoms with van der Waals surface area (Å²) < 4.78 is 6.05. The number of primary amides is 1. The molecule has 1 amide bonds. The van der Waals surface area contributed by atoms with Crippen LogP contribution in [-0.2, 0) is 19.1 Å². The number of aromatic hydroxyl groups is 1. The van der Waals surface area contributed by atoms with E-state index in [9.17, 15) is 39.6 Å². The zero-order valence-electron chi connectivity index (χ0n) is 22.6. The van der Waals surface area contributed by atoms with Crippen molar-refractivity contribution in [3.63, 3.8) is 0 Å². The Labute approximate surface area is 230 Å². The van der Waals surface area contributed by atoms with Gasteiger partial charge >= 0.3 is 5.97 Å². The number of esters is 1. The maximum absolute atomic E-state index is 13.9. The van der Waals surface area contributed by atoms with Gasteiger partial charge in [-0.1, -0.05) is 31.9 Å². The molecular formula is C29H34N2O9. The molecule has 4 aliphatic rings. The monoisotopic (exact) mass is 554 g/mol.